The number of hydrogen-bond donors (Lipinski definition) is 2. The lowest BCUT2D eigenvalue weighted by atomic mass is 10.2. The number of H-pyrrole nitrogens is 1. The molecule has 2 aromatic heterocycles. The highest BCUT2D eigenvalue weighted by Crippen LogP contribution is 2.13. The molecule has 0 fully saturated rings. The quantitative estimate of drug-likeness (QED) is 0.857. The van der Waals surface area contributed by atoms with Gasteiger partial charge in [-0.25, -0.2) is 18.1 Å². The fourth-order valence-electron chi connectivity index (χ4n) is 1.85. The van der Waals surface area contributed by atoms with Crippen LogP contribution in [0.1, 0.15) is 22.8 Å². The predicted molar refractivity (Wildman–Crippen MR) is 70.0 cm³/mol. The van der Waals surface area contributed by atoms with E-state index in [0.717, 1.165) is 17.0 Å². The molecule has 2 rings (SSSR count). The molecule has 0 spiro atoms. The van der Waals surface area contributed by atoms with Crippen LogP contribution in [0, 0.1) is 20.8 Å². The third kappa shape index (κ3) is 2.69. The maximum absolute atomic E-state index is 12.0. The van der Waals surface area contributed by atoms with Gasteiger partial charge in [0.15, 0.2) is 5.03 Å². The average Bonchev–Trinajstić information content (AvgIpc) is 2.84. The Hall–Kier alpha value is -1.67. The smallest absolute Gasteiger partial charge is 0.257 e. The molecule has 0 unspecified atom stereocenters. The van der Waals surface area contributed by atoms with E-state index in [2.05, 4.69) is 19.8 Å². The van der Waals surface area contributed by atoms with E-state index >= 15 is 0 Å². The molecule has 0 atom stereocenters. The van der Waals surface area contributed by atoms with Crippen LogP contribution in [0.4, 0.5) is 0 Å². The third-order valence-electron chi connectivity index (χ3n) is 3.07. The van der Waals surface area contributed by atoms with Crippen molar-refractivity contribution in [2.24, 2.45) is 7.05 Å². The van der Waals surface area contributed by atoms with Crippen LogP contribution < -0.4 is 4.72 Å². The molecule has 0 amide bonds. The van der Waals surface area contributed by atoms with Gasteiger partial charge in [-0.1, -0.05) is 0 Å². The molecule has 7 nitrogen and oxygen atoms in total. The molecule has 8 heteroatoms. The van der Waals surface area contributed by atoms with Gasteiger partial charge in [0.1, 0.15) is 5.82 Å². The first-order chi connectivity index (χ1) is 8.81. The lowest BCUT2D eigenvalue weighted by Gasteiger charge is -2.05. The Bertz CT molecular complexity index is 699. The molecule has 0 saturated heterocycles. The molecule has 2 heterocycles. The maximum atomic E-state index is 12.0. The second-order valence-corrected chi connectivity index (χ2v) is 6.17. The lowest BCUT2D eigenvalue weighted by Crippen LogP contribution is -2.24. The summed E-state index contributed by atoms with van der Waals surface area (Å²) in [4.78, 5) is 6.59. The Morgan fingerprint density at radius 3 is 2.53 bits per heavy atom. The minimum absolute atomic E-state index is 0.0733. The van der Waals surface area contributed by atoms with E-state index < -0.39 is 10.0 Å². The van der Waals surface area contributed by atoms with E-state index in [4.69, 9.17) is 0 Å². The largest absolute Gasteiger partial charge is 0.332 e. The molecule has 0 bridgehead atoms. The highest BCUT2D eigenvalue weighted by atomic mass is 32.2. The van der Waals surface area contributed by atoms with Crippen LogP contribution in [-0.4, -0.2) is 28.2 Å². The zero-order valence-corrected chi connectivity index (χ0v) is 12.2. The van der Waals surface area contributed by atoms with Crippen molar-refractivity contribution >= 4 is 10.0 Å². The van der Waals surface area contributed by atoms with Crippen LogP contribution in [0.3, 0.4) is 0 Å². The summed E-state index contributed by atoms with van der Waals surface area (Å²) in [5.74, 6) is 0.564. The van der Waals surface area contributed by atoms with Crippen molar-refractivity contribution in [3.05, 3.63) is 29.0 Å². The minimum Gasteiger partial charge on any atom is -0.332 e. The number of rotatable bonds is 4. The summed E-state index contributed by atoms with van der Waals surface area (Å²) in [5.41, 5.74) is 2.66. The average molecular weight is 283 g/mol. The monoisotopic (exact) mass is 283 g/mol. The fraction of sp³-hybridized carbons (Fsp3) is 0.455. The van der Waals surface area contributed by atoms with Crippen LogP contribution in [0.25, 0.3) is 0 Å². The molecule has 104 valence electrons. The predicted octanol–water partition coefficient (Wildman–Crippen LogP) is 0.547. The van der Waals surface area contributed by atoms with Crippen LogP contribution in [0.5, 0.6) is 0 Å². The van der Waals surface area contributed by atoms with E-state index in [1.54, 1.807) is 11.6 Å². The number of imidazole rings is 1. The molecular formula is C11H17N5O2S. The summed E-state index contributed by atoms with van der Waals surface area (Å²) in [6, 6.07) is 0. The summed E-state index contributed by atoms with van der Waals surface area (Å²) in [7, 11) is -1.74. The van der Waals surface area contributed by atoms with Gasteiger partial charge in [0.25, 0.3) is 10.0 Å². The van der Waals surface area contributed by atoms with Crippen molar-refractivity contribution in [1.82, 2.24) is 24.5 Å². The molecule has 0 aliphatic carbocycles. The van der Waals surface area contributed by atoms with Crippen molar-refractivity contribution in [3.8, 4) is 0 Å². The zero-order valence-electron chi connectivity index (χ0n) is 11.4. The van der Waals surface area contributed by atoms with Crippen molar-refractivity contribution < 1.29 is 8.42 Å². The molecule has 2 N–H and O–H groups in total. The highest BCUT2D eigenvalue weighted by Gasteiger charge is 2.18. The van der Waals surface area contributed by atoms with Gasteiger partial charge in [-0.05, 0) is 20.8 Å². The first-order valence-corrected chi connectivity index (χ1v) is 7.30. The fourth-order valence-corrected chi connectivity index (χ4v) is 2.82. The normalized spacial score (nSPS) is 12.0. The van der Waals surface area contributed by atoms with Gasteiger partial charge in [-0.2, -0.15) is 5.10 Å². The highest BCUT2D eigenvalue weighted by molar-refractivity contribution is 7.89. The Morgan fingerprint density at radius 2 is 2.05 bits per heavy atom. The summed E-state index contributed by atoms with van der Waals surface area (Å²) in [6.07, 6.45) is 1.31. The number of sulfonamides is 1. The van der Waals surface area contributed by atoms with Gasteiger partial charge < -0.3 is 4.98 Å². The second kappa shape index (κ2) is 4.78. The summed E-state index contributed by atoms with van der Waals surface area (Å²) in [5, 5.41) is 4.32. The topological polar surface area (TPSA) is 92.7 Å². The maximum Gasteiger partial charge on any atom is 0.257 e. The van der Waals surface area contributed by atoms with Gasteiger partial charge >= 0.3 is 0 Å². The van der Waals surface area contributed by atoms with E-state index in [9.17, 15) is 8.42 Å². The standard InChI is InChI=1S/C11H17N5O2S/c1-7-10(8(2)16(4)15-7)5-13-19(17,18)11-6-12-9(3)14-11/h6,13H,5H2,1-4H3,(H,12,14). The first kappa shape index (κ1) is 13.8. The minimum atomic E-state index is -3.57. The zero-order chi connectivity index (χ0) is 14.2. The van der Waals surface area contributed by atoms with Gasteiger partial charge in [-0.15, -0.1) is 0 Å². The number of aromatic nitrogens is 4. The van der Waals surface area contributed by atoms with Crippen molar-refractivity contribution in [2.75, 3.05) is 0 Å². The third-order valence-corrected chi connectivity index (χ3v) is 4.38. The molecule has 0 aromatic carbocycles. The molecule has 19 heavy (non-hydrogen) atoms. The van der Waals surface area contributed by atoms with Crippen molar-refractivity contribution in [2.45, 2.75) is 32.3 Å². The molecular weight excluding hydrogens is 266 g/mol. The van der Waals surface area contributed by atoms with Gasteiger partial charge in [0.05, 0.1) is 11.9 Å². The van der Waals surface area contributed by atoms with Crippen LogP contribution >= 0.6 is 0 Å². The molecule has 0 aliphatic heterocycles. The van der Waals surface area contributed by atoms with Gasteiger partial charge in [-0.3, -0.25) is 4.68 Å². The summed E-state index contributed by atoms with van der Waals surface area (Å²) in [6.45, 7) is 5.68. The van der Waals surface area contributed by atoms with Crippen LogP contribution in [-0.2, 0) is 23.6 Å². The molecule has 2 aromatic rings. The number of aromatic amines is 1. The number of nitrogens with zero attached hydrogens (tertiary/aromatic N) is 3. The Kier molecular flexibility index (Phi) is 3.46. The van der Waals surface area contributed by atoms with Crippen molar-refractivity contribution in [3.63, 3.8) is 0 Å². The van der Waals surface area contributed by atoms with Gasteiger partial charge in [0.2, 0.25) is 0 Å². The van der Waals surface area contributed by atoms with E-state index in [1.807, 2.05) is 20.9 Å². The number of aryl methyl sites for hydroxylation is 3. The van der Waals surface area contributed by atoms with E-state index in [-0.39, 0.29) is 11.6 Å². The molecule has 0 radical (unpaired) electrons. The second-order valence-electron chi connectivity index (χ2n) is 4.43. The van der Waals surface area contributed by atoms with Crippen molar-refractivity contribution in [1.29, 1.82) is 0 Å². The molecule has 0 saturated carbocycles. The lowest BCUT2D eigenvalue weighted by molar-refractivity contribution is 0.577. The van der Waals surface area contributed by atoms with E-state index in [1.165, 1.54) is 6.20 Å². The Labute approximate surface area is 112 Å². The Balaban J connectivity index is 2.18. The SMILES string of the molecule is Cc1ncc(S(=O)(=O)NCc2c(C)nn(C)c2C)[nH]1. The summed E-state index contributed by atoms with van der Waals surface area (Å²) >= 11 is 0. The summed E-state index contributed by atoms with van der Waals surface area (Å²) < 4.78 is 28.4. The van der Waals surface area contributed by atoms with E-state index in [0.29, 0.717) is 5.82 Å². The Morgan fingerprint density at radius 1 is 1.37 bits per heavy atom. The molecule has 0 aliphatic rings. The first-order valence-electron chi connectivity index (χ1n) is 5.81. The number of hydrogen-bond acceptors (Lipinski definition) is 4. The number of nitrogens with one attached hydrogen (secondary N) is 2. The van der Waals surface area contributed by atoms with Crippen LogP contribution in [0.15, 0.2) is 11.2 Å². The van der Waals surface area contributed by atoms with Crippen LogP contribution in [0.2, 0.25) is 0 Å². The van der Waals surface area contributed by atoms with Gasteiger partial charge in [0, 0.05) is 24.8 Å².